The van der Waals surface area contributed by atoms with Crippen LogP contribution in [0, 0.1) is 5.82 Å². The SMILES string of the molecule is CN(Cc1ccccc1F)C(=O)COC(=O)c1ccccc1SCC1CCCO1. The van der Waals surface area contributed by atoms with Gasteiger partial charge in [-0.1, -0.05) is 30.3 Å². The third-order valence-electron chi connectivity index (χ3n) is 4.67. The molecule has 1 heterocycles. The number of hydrogen-bond donors (Lipinski definition) is 0. The number of benzene rings is 2. The predicted molar refractivity (Wildman–Crippen MR) is 109 cm³/mol. The van der Waals surface area contributed by atoms with E-state index in [1.54, 1.807) is 49.1 Å². The Morgan fingerprint density at radius 2 is 1.97 bits per heavy atom. The molecule has 1 aliphatic rings. The van der Waals surface area contributed by atoms with E-state index in [1.165, 1.54) is 11.0 Å². The predicted octanol–water partition coefficient (Wildman–Crippen LogP) is 3.91. The highest BCUT2D eigenvalue weighted by Gasteiger charge is 2.20. The van der Waals surface area contributed by atoms with E-state index in [0.29, 0.717) is 11.1 Å². The van der Waals surface area contributed by atoms with Gasteiger partial charge in [0.1, 0.15) is 5.82 Å². The normalized spacial score (nSPS) is 15.9. The van der Waals surface area contributed by atoms with Crippen molar-refractivity contribution in [2.45, 2.75) is 30.4 Å². The molecule has 1 amide bonds. The lowest BCUT2D eigenvalue weighted by molar-refractivity contribution is -0.133. The van der Waals surface area contributed by atoms with Gasteiger partial charge in [0.25, 0.3) is 5.91 Å². The molecule has 1 unspecified atom stereocenters. The first kappa shape index (κ1) is 21.3. The third-order valence-corrected chi connectivity index (χ3v) is 5.88. The van der Waals surface area contributed by atoms with Crippen LogP contribution in [0.25, 0.3) is 0 Å². The minimum atomic E-state index is -0.548. The Bertz CT molecular complexity index is 854. The molecule has 0 aromatic heterocycles. The van der Waals surface area contributed by atoms with Gasteiger partial charge in [0.05, 0.1) is 11.7 Å². The highest BCUT2D eigenvalue weighted by Crippen LogP contribution is 2.27. The van der Waals surface area contributed by atoms with E-state index in [9.17, 15) is 14.0 Å². The minimum absolute atomic E-state index is 0.108. The van der Waals surface area contributed by atoms with Crippen molar-refractivity contribution in [3.63, 3.8) is 0 Å². The van der Waals surface area contributed by atoms with Gasteiger partial charge >= 0.3 is 5.97 Å². The van der Waals surface area contributed by atoms with Crippen molar-refractivity contribution >= 4 is 23.6 Å². The number of nitrogens with zero attached hydrogens (tertiary/aromatic N) is 1. The maximum absolute atomic E-state index is 13.7. The van der Waals surface area contributed by atoms with Crippen LogP contribution < -0.4 is 0 Å². The summed E-state index contributed by atoms with van der Waals surface area (Å²) in [7, 11) is 1.55. The second-order valence-electron chi connectivity index (χ2n) is 6.86. The summed E-state index contributed by atoms with van der Waals surface area (Å²) < 4.78 is 24.6. The molecule has 1 saturated heterocycles. The minimum Gasteiger partial charge on any atom is -0.452 e. The van der Waals surface area contributed by atoms with Crippen molar-refractivity contribution < 1.29 is 23.5 Å². The van der Waals surface area contributed by atoms with Crippen molar-refractivity contribution in [1.82, 2.24) is 4.90 Å². The van der Waals surface area contributed by atoms with Crippen molar-refractivity contribution in [3.05, 3.63) is 65.5 Å². The summed E-state index contributed by atoms with van der Waals surface area (Å²) in [5, 5.41) is 0. The second kappa shape index (κ2) is 10.4. The maximum Gasteiger partial charge on any atom is 0.339 e. The van der Waals surface area contributed by atoms with Crippen LogP contribution in [-0.2, 0) is 20.8 Å². The molecule has 0 spiro atoms. The van der Waals surface area contributed by atoms with E-state index in [4.69, 9.17) is 9.47 Å². The smallest absolute Gasteiger partial charge is 0.339 e. The molecule has 0 bridgehead atoms. The van der Waals surface area contributed by atoms with Gasteiger partial charge < -0.3 is 14.4 Å². The quantitative estimate of drug-likeness (QED) is 0.481. The molecular formula is C22H24FNO4S. The van der Waals surface area contributed by atoms with E-state index in [0.717, 1.165) is 30.1 Å². The summed E-state index contributed by atoms with van der Waals surface area (Å²) >= 11 is 1.55. The number of thioether (sulfide) groups is 1. The first-order valence-corrected chi connectivity index (χ1v) is 10.5. The fraction of sp³-hybridized carbons (Fsp3) is 0.364. The lowest BCUT2D eigenvalue weighted by Crippen LogP contribution is -2.31. The highest BCUT2D eigenvalue weighted by atomic mass is 32.2. The van der Waals surface area contributed by atoms with E-state index in [2.05, 4.69) is 0 Å². The average Bonchev–Trinajstić information content (AvgIpc) is 3.25. The van der Waals surface area contributed by atoms with E-state index in [-0.39, 0.29) is 18.5 Å². The number of ether oxygens (including phenoxy) is 2. The number of carbonyl (C=O) groups is 2. The van der Waals surface area contributed by atoms with Crippen LogP contribution >= 0.6 is 11.8 Å². The standard InChI is InChI=1S/C22H24FNO4S/c1-24(13-16-7-2-4-10-19(16)23)21(25)14-28-22(26)18-9-3-5-11-20(18)29-15-17-8-6-12-27-17/h2-5,7,9-11,17H,6,8,12-15H2,1H3. The van der Waals surface area contributed by atoms with E-state index in [1.807, 2.05) is 12.1 Å². The molecule has 0 radical (unpaired) electrons. The van der Waals surface area contributed by atoms with Crippen LogP contribution in [0.4, 0.5) is 4.39 Å². The van der Waals surface area contributed by atoms with Gasteiger partial charge in [0.15, 0.2) is 6.61 Å². The molecule has 5 nitrogen and oxygen atoms in total. The van der Waals surface area contributed by atoms with E-state index >= 15 is 0 Å². The first-order valence-electron chi connectivity index (χ1n) is 9.52. The van der Waals surface area contributed by atoms with Gasteiger partial charge in [-0.3, -0.25) is 4.79 Å². The van der Waals surface area contributed by atoms with Crippen LogP contribution in [-0.4, -0.2) is 48.9 Å². The molecule has 2 aromatic carbocycles. The van der Waals surface area contributed by atoms with Crippen LogP contribution in [0.1, 0.15) is 28.8 Å². The summed E-state index contributed by atoms with van der Waals surface area (Å²) in [5.41, 5.74) is 0.839. The van der Waals surface area contributed by atoms with Gasteiger partial charge in [0.2, 0.25) is 0 Å². The lowest BCUT2D eigenvalue weighted by atomic mass is 10.2. The molecule has 1 atom stereocenters. The number of rotatable bonds is 8. The Morgan fingerprint density at radius 1 is 1.21 bits per heavy atom. The monoisotopic (exact) mass is 417 g/mol. The Morgan fingerprint density at radius 3 is 2.72 bits per heavy atom. The van der Waals surface area contributed by atoms with Gasteiger partial charge in [-0.15, -0.1) is 11.8 Å². The molecule has 3 rings (SSSR count). The summed E-state index contributed by atoms with van der Waals surface area (Å²) in [4.78, 5) is 26.9. The Labute approximate surface area is 174 Å². The van der Waals surface area contributed by atoms with Crippen molar-refractivity contribution in [3.8, 4) is 0 Å². The van der Waals surface area contributed by atoms with Crippen LogP contribution in [0.5, 0.6) is 0 Å². The fourth-order valence-electron chi connectivity index (χ4n) is 3.01. The summed E-state index contributed by atoms with van der Waals surface area (Å²) in [5.74, 6) is -0.547. The molecule has 2 aromatic rings. The van der Waals surface area contributed by atoms with Crippen molar-refractivity contribution in [2.75, 3.05) is 26.0 Å². The largest absolute Gasteiger partial charge is 0.452 e. The topological polar surface area (TPSA) is 55.8 Å². The highest BCUT2D eigenvalue weighted by molar-refractivity contribution is 7.99. The van der Waals surface area contributed by atoms with E-state index < -0.39 is 18.5 Å². The number of likely N-dealkylation sites (N-methyl/N-ethyl adjacent to an activating group) is 1. The molecule has 1 fully saturated rings. The Balaban J connectivity index is 1.53. The number of carbonyl (C=O) groups excluding carboxylic acids is 2. The molecule has 0 saturated carbocycles. The Hall–Kier alpha value is -2.38. The number of halogens is 1. The average molecular weight is 418 g/mol. The number of hydrogen-bond acceptors (Lipinski definition) is 5. The van der Waals surface area contributed by atoms with Gasteiger partial charge in [0, 0.05) is 36.4 Å². The summed E-state index contributed by atoms with van der Waals surface area (Å²) in [6.07, 6.45) is 2.30. The van der Waals surface area contributed by atoms with Gasteiger partial charge in [-0.25, -0.2) is 9.18 Å². The number of amides is 1. The van der Waals surface area contributed by atoms with Crippen LogP contribution in [0.15, 0.2) is 53.4 Å². The molecular weight excluding hydrogens is 393 g/mol. The zero-order valence-corrected chi connectivity index (χ0v) is 17.1. The Kier molecular flexibility index (Phi) is 7.66. The second-order valence-corrected chi connectivity index (χ2v) is 7.92. The van der Waals surface area contributed by atoms with Gasteiger partial charge in [-0.2, -0.15) is 0 Å². The molecule has 0 aliphatic carbocycles. The fourth-order valence-corrected chi connectivity index (χ4v) is 4.12. The van der Waals surface area contributed by atoms with Gasteiger partial charge in [-0.05, 0) is 31.0 Å². The van der Waals surface area contributed by atoms with Crippen molar-refractivity contribution in [1.29, 1.82) is 0 Å². The van der Waals surface area contributed by atoms with Crippen LogP contribution in [0.2, 0.25) is 0 Å². The molecule has 7 heteroatoms. The third kappa shape index (κ3) is 6.05. The number of esters is 1. The zero-order valence-electron chi connectivity index (χ0n) is 16.3. The molecule has 0 N–H and O–H groups in total. The molecule has 29 heavy (non-hydrogen) atoms. The summed E-state index contributed by atoms with van der Waals surface area (Å²) in [6, 6.07) is 13.4. The van der Waals surface area contributed by atoms with Crippen LogP contribution in [0.3, 0.4) is 0 Å². The maximum atomic E-state index is 13.7. The summed E-state index contributed by atoms with van der Waals surface area (Å²) in [6.45, 7) is 0.503. The molecule has 1 aliphatic heterocycles. The van der Waals surface area contributed by atoms with Crippen molar-refractivity contribution in [2.24, 2.45) is 0 Å². The molecule has 154 valence electrons. The lowest BCUT2D eigenvalue weighted by Gasteiger charge is -2.18. The first-order chi connectivity index (χ1) is 14.0. The zero-order chi connectivity index (χ0) is 20.6.